The minimum absolute atomic E-state index is 0.0402. The third kappa shape index (κ3) is 7.21. The van der Waals surface area contributed by atoms with Gasteiger partial charge in [0.15, 0.2) is 0 Å². The Morgan fingerprint density at radius 2 is 2.03 bits per heavy atom. The zero-order valence-electron chi connectivity index (χ0n) is 18.8. The average molecular weight is 443 g/mol. The van der Waals surface area contributed by atoms with Gasteiger partial charge < -0.3 is 20.7 Å². The molecule has 1 atom stereocenters. The maximum absolute atomic E-state index is 13.6. The number of hydrogen-bond donors (Lipinski definition) is 3. The Morgan fingerprint density at radius 1 is 1.25 bits per heavy atom. The Bertz CT molecular complexity index is 959. The molecule has 1 aromatic heterocycles. The maximum Gasteiger partial charge on any atom is 0.407 e. The Morgan fingerprint density at radius 3 is 2.78 bits per heavy atom. The van der Waals surface area contributed by atoms with Crippen molar-refractivity contribution >= 4 is 17.8 Å². The van der Waals surface area contributed by atoms with E-state index in [4.69, 9.17) is 4.74 Å². The molecule has 0 saturated carbocycles. The van der Waals surface area contributed by atoms with Crippen molar-refractivity contribution in [2.75, 3.05) is 11.9 Å². The van der Waals surface area contributed by atoms with Crippen molar-refractivity contribution < 1.29 is 18.7 Å². The number of rotatable bonds is 6. The Labute approximate surface area is 188 Å². The number of benzene rings is 1. The van der Waals surface area contributed by atoms with Crippen LogP contribution >= 0.6 is 0 Å². The van der Waals surface area contributed by atoms with Crippen molar-refractivity contribution in [3.8, 4) is 0 Å². The number of fused-ring (bicyclic) bond motifs is 1. The lowest BCUT2D eigenvalue weighted by atomic mass is 9.91. The normalized spacial score (nSPS) is 15.4. The van der Waals surface area contributed by atoms with Gasteiger partial charge in [0, 0.05) is 18.3 Å². The summed E-state index contributed by atoms with van der Waals surface area (Å²) >= 11 is 0. The van der Waals surface area contributed by atoms with Gasteiger partial charge in [0.2, 0.25) is 0 Å². The van der Waals surface area contributed by atoms with Crippen LogP contribution in [0.1, 0.15) is 50.4 Å². The third-order valence-electron chi connectivity index (χ3n) is 5.10. The number of carbonyl (C=O) groups is 2. The Balaban J connectivity index is 1.46. The molecule has 0 bridgehead atoms. The highest BCUT2D eigenvalue weighted by molar-refractivity contribution is 5.89. The number of carbonyl (C=O) groups excluding carboxylic acids is 2. The van der Waals surface area contributed by atoms with E-state index in [-0.39, 0.29) is 17.9 Å². The van der Waals surface area contributed by atoms with E-state index in [0.29, 0.717) is 37.1 Å². The van der Waals surface area contributed by atoms with Crippen LogP contribution in [0.25, 0.3) is 0 Å². The van der Waals surface area contributed by atoms with Crippen LogP contribution in [0.5, 0.6) is 0 Å². The summed E-state index contributed by atoms with van der Waals surface area (Å²) in [5, 5.41) is 8.49. The first-order chi connectivity index (χ1) is 15.2. The van der Waals surface area contributed by atoms with Gasteiger partial charge in [-0.25, -0.2) is 14.0 Å². The predicted molar refractivity (Wildman–Crippen MR) is 121 cm³/mol. The number of amides is 3. The van der Waals surface area contributed by atoms with Crippen LogP contribution < -0.4 is 16.0 Å². The second kappa shape index (κ2) is 10.4. The first kappa shape index (κ1) is 23.5. The van der Waals surface area contributed by atoms with Crippen molar-refractivity contribution in [1.82, 2.24) is 15.6 Å². The summed E-state index contributed by atoms with van der Waals surface area (Å²) < 4.78 is 19.0. The molecule has 3 amide bonds. The van der Waals surface area contributed by atoms with Gasteiger partial charge in [-0.2, -0.15) is 0 Å². The molecule has 1 aliphatic rings. The van der Waals surface area contributed by atoms with Crippen LogP contribution in [0.2, 0.25) is 0 Å². The number of anilines is 1. The fraction of sp³-hybridized carbons (Fsp3) is 0.458. The van der Waals surface area contributed by atoms with Crippen molar-refractivity contribution in [2.24, 2.45) is 0 Å². The molecule has 32 heavy (non-hydrogen) atoms. The van der Waals surface area contributed by atoms with Crippen LogP contribution in [0, 0.1) is 5.82 Å². The van der Waals surface area contributed by atoms with Gasteiger partial charge in [0.25, 0.3) is 0 Å². The number of pyridine rings is 1. The summed E-state index contributed by atoms with van der Waals surface area (Å²) in [7, 11) is 0. The molecule has 1 aliphatic carbocycles. The number of hydrogen-bond acceptors (Lipinski definition) is 4. The van der Waals surface area contributed by atoms with Crippen LogP contribution in [-0.2, 0) is 24.0 Å². The van der Waals surface area contributed by atoms with Gasteiger partial charge in [-0.05, 0) is 76.1 Å². The standard InChI is InChI=1S/C24H31FN4O3/c1-24(2,3)32-23(31)29-18-10-11-21-17(13-18)14-19(15-27-21)28-22(30)26-12-6-8-16-7-4-5-9-20(16)25/h4-5,7,9,14-15,18H,6,8,10-13H2,1-3H3,(H,29,31)(H2,26,28,30). The van der Waals surface area contributed by atoms with Gasteiger partial charge >= 0.3 is 12.1 Å². The molecule has 0 radical (unpaired) electrons. The number of aromatic nitrogens is 1. The fourth-order valence-corrected chi connectivity index (χ4v) is 3.64. The molecule has 0 spiro atoms. The SMILES string of the molecule is CC(C)(C)OC(=O)NC1CCc2ncc(NC(=O)NCCCc3ccccc3F)cc2C1. The molecule has 0 saturated heterocycles. The summed E-state index contributed by atoms with van der Waals surface area (Å²) in [5.74, 6) is -0.225. The maximum atomic E-state index is 13.6. The lowest BCUT2D eigenvalue weighted by Crippen LogP contribution is -2.42. The van der Waals surface area contributed by atoms with E-state index in [1.54, 1.807) is 24.4 Å². The first-order valence-corrected chi connectivity index (χ1v) is 11.0. The molecule has 1 heterocycles. The summed E-state index contributed by atoms with van der Waals surface area (Å²) in [6, 6.07) is 8.17. The van der Waals surface area contributed by atoms with E-state index >= 15 is 0 Å². The van der Waals surface area contributed by atoms with Crippen molar-refractivity contribution in [3.63, 3.8) is 0 Å². The zero-order valence-corrected chi connectivity index (χ0v) is 18.8. The molecule has 0 fully saturated rings. The minimum Gasteiger partial charge on any atom is -0.444 e. The van der Waals surface area contributed by atoms with E-state index < -0.39 is 11.7 Å². The van der Waals surface area contributed by atoms with Gasteiger partial charge in [-0.1, -0.05) is 18.2 Å². The number of halogens is 1. The molecule has 1 unspecified atom stereocenters. The molecule has 0 aliphatic heterocycles. The second-order valence-corrected chi connectivity index (χ2v) is 8.99. The second-order valence-electron chi connectivity index (χ2n) is 8.99. The van der Waals surface area contributed by atoms with E-state index in [0.717, 1.165) is 24.1 Å². The van der Waals surface area contributed by atoms with E-state index in [1.165, 1.54) is 6.07 Å². The lowest BCUT2D eigenvalue weighted by Gasteiger charge is -2.27. The fourth-order valence-electron chi connectivity index (χ4n) is 3.64. The highest BCUT2D eigenvalue weighted by atomic mass is 19.1. The number of alkyl carbamates (subject to hydrolysis) is 1. The van der Waals surface area contributed by atoms with Crippen molar-refractivity contribution in [1.29, 1.82) is 0 Å². The average Bonchev–Trinajstić information content (AvgIpc) is 2.70. The molecule has 1 aromatic carbocycles. The van der Waals surface area contributed by atoms with Crippen LogP contribution in [0.4, 0.5) is 19.7 Å². The molecular formula is C24H31FN4O3. The predicted octanol–water partition coefficient (Wildman–Crippen LogP) is 4.36. The quantitative estimate of drug-likeness (QED) is 0.580. The Kier molecular flexibility index (Phi) is 7.66. The highest BCUT2D eigenvalue weighted by Gasteiger charge is 2.24. The number of urea groups is 1. The smallest absolute Gasteiger partial charge is 0.407 e. The highest BCUT2D eigenvalue weighted by Crippen LogP contribution is 2.23. The van der Waals surface area contributed by atoms with Crippen molar-refractivity contribution in [3.05, 3.63) is 59.2 Å². The van der Waals surface area contributed by atoms with Gasteiger partial charge in [0.05, 0.1) is 11.9 Å². The van der Waals surface area contributed by atoms with Crippen LogP contribution in [-0.4, -0.2) is 35.3 Å². The summed E-state index contributed by atoms with van der Waals surface area (Å²) in [4.78, 5) is 28.7. The molecule has 7 nitrogen and oxygen atoms in total. The largest absolute Gasteiger partial charge is 0.444 e. The third-order valence-corrected chi connectivity index (χ3v) is 5.10. The number of nitrogens with zero attached hydrogens (tertiary/aromatic N) is 1. The molecule has 2 aromatic rings. The number of aryl methyl sites for hydroxylation is 2. The summed E-state index contributed by atoms with van der Waals surface area (Å²) in [6.07, 6.45) is 4.56. The molecule has 8 heteroatoms. The monoisotopic (exact) mass is 442 g/mol. The summed E-state index contributed by atoms with van der Waals surface area (Å²) in [5.41, 5.74) is 2.66. The summed E-state index contributed by atoms with van der Waals surface area (Å²) in [6.45, 7) is 5.92. The number of nitrogens with one attached hydrogen (secondary N) is 3. The van der Waals surface area contributed by atoms with Gasteiger partial charge in [0.1, 0.15) is 11.4 Å². The van der Waals surface area contributed by atoms with Crippen LogP contribution in [0.3, 0.4) is 0 Å². The first-order valence-electron chi connectivity index (χ1n) is 11.0. The number of ether oxygens (including phenoxy) is 1. The molecule has 3 N–H and O–H groups in total. The van der Waals surface area contributed by atoms with Gasteiger partial charge in [-0.3, -0.25) is 4.98 Å². The topological polar surface area (TPSA) is 92.3 Å². The van der Waals surface area contributed by atoms with Crippen LogP contribution in [0.15, 0.2) is 36.5 Å². The van der Waals surface area contributed by atoms with E-state index in [1.807, 2.05) is 26.8 Å². The van der Waals surface area contributed by atoms with E-state index in [9.17, 15) is 14.0 Å². The van der Waals surface area contributed by atoms with E-state index in [2.05, 4.69) is 20.9 Å². The van der Waals surface area contributed by atoms with Crippen molar-refractivity contribution in [2.45, 2.75) is 64.5 Å². The molecule has 172 valence electrons. The van der Waals surface area contributed by atoms with Gasteiger partial charge in [-0.15, -0.1) is 0 Å². The zero-order chi connectivity index (χ0) is 23.1. The molecule has 3 rings (SSSR count). The molecular weight excluding hydrogens is 411 g/mol. The lowest BCUT2D eigenvalue weighted by molar-refractivity contribution is 0.0500. The minimum atomic E-state index is -0.544. The Hall–Kier alpha value is -3.16.